The second-order valence-electron chi connectivity index (χ2n) is 5.04. The summed E-state index contributed by atoms with van der Waals surface area (Å²) in [5.74, 6) is 6.05. The normalized spacial score (nSPS) is 11.1. The van der Waals surface area contributed by atoms with Crippen LogP contribution >= 0.6 is 11.6 Å². The van der Waals surface area contributed by atoms with Crippen LogP contribution in [0.4, 0.5) is 13.2 Å². The molecule has 0 aliphatic carbocycles. The van der Waals surface area contributed by atoms with Crippen molar-refractivity contribution in [2.24, 2.45) is 0 Å². The molecule has 1 aromatic carbocycles. The molecule has 126 valence electrons. The molecule has 25 heavy (non-hydrogen) atoms. The number of halogens is 4. The van der Waals surface area contributed by atoms with Crippen LogP contribution in [-0.4, -0.2) is 19.5 Å². The fourth-order valence-electron chi connectivity index (χ4n) is 2.06. The van der Waals surface area contributed by atoms with Gasteiger partial charge < -0.3 is 0 Å². The number of benzene rings is 1. The lowest BCUT2D eigenvalue weighted by Gasteiger charge is -2.07. The third-order valence-electron chi connectivity index (χ3n) is 3.19. The molecule has 0 aliphatic rings. The first-order valence-corrected chi connectivity index (χ1v) is 7.45. The number of aromatic nitrogens is 4. The van der Waals surface area contributed by atoms with Crippen LogP contribution in [0.2, 0.25) is 5.02 Å². The van der Waals surface area contributed by atoms with Crippen LogP contribution in [0.5, 0.6) is 0 Å². The summed E-state index contributed by atoms with van der Waals surface area (Å²) in [6.45, 7) is 1.63. The summed E-state index contributed by atoms with van der Waals surface area (Å²) < 4.78 is 39.7. The van der Waals surface area contributed by atoms with Crippen molar-refractivity contribution >= 4 is 11.6 Å². The molecule has 3 aromatic rings. The fraction of sp³-hybridized carbons (Fsp3) is 0.118. The van der Waals surface area contributed by atoms with Gasteiger partial charge in [-0.3, -0.25) is 4.57 Å². The molecule has 0 bridgehead atoms. The second-order valence-corrected chi connectivity index (χ2v) is 5.48. The first-order valence-electron chi connectivity index (χ1n) is 7.07. The first-order chi connectivity index (χ1) is 11.8. The third kappa shape index (κ3) is 3.98. The van der Waals surface area contributed by atoms with Gasteiger partial charge in [-0.25, -0.2) is 15.0 Å². The standard InChI is InChI=1S/C17H10ClF3N4/c1-11-23-14(6-5-12-3-2-4-13(18)9-12)10-25(11)16-22-8-7-15(24-16)17(19,20)21/h2-4,7-10H,1H3. The van der Waals surface area contributed by atoms with Crippen LogP contribution in [0.1, 0.15) is 22.8 Å². The number of alkyl halides is 3. The molecule has 0 N–H and O–H groups in total. The summed E-state index contributed by atoms with van der Waals surface area (Å²) in [5.41, 5.74) is 0.0747. The van der Waals surface area contributed by atoms with E-state index in [4.69, 9.17) is 11.6 Å². The van der Waals surface area contributed by atoms with Gasteiger partial charge in [0.25, 0.3) is 0 Å². The Labute approximate surface area is 146 Å². The van der Waals surface area contributed by atoms with E-state index in [2.05, 4.69) is 26.8 Å². The van der Waals surface area contributed by atoms with E-state index in [-0.39, 0.29) is 5.95 Å². The number of aryl methyl sites for hydroxylation is 1. The summed E-state index contributed by atoms with van der Waals surface area (Å²) in [5, 5.41) is 0.561. The van der Waals surface area contributed by atoms with E-state index in [9.17, 15) is 13.2 Å². The highest BCUT2D eigenvalue weighted by Crippen LogP contribution is 2.27. The summed E-state index contributed by atoms with van der Waals surface area (Å²) in [6, 6.07) is 7.81. The maximum Gasteiger partial charge on any atom is 0.433 e. The van der Waals surface area contributed by atoms with E-state index in [1.807, 2.05) is 0 Å². The van der Waals surface area contributed by atoms with Crippen molar-refractivity contribution in [3.05, 3.63) is 70.5 Å². The highest BCUT2D eigenvalue weighted by Gasteiger charge is 2.33. The summed E-state index contributed by atoms with van der Waals surface area (Å²) >= 11 is 5.89. The molecule has 0 radical (unpaired) electrons. The lowest BCUT2D eigenvalue weighted by atomic mass is 10.2. The van der Waals surface area contributed by atoms with Crippen LogP contribution in [-0.2, 0) is 6.18 Å². The fourth-order valence-corrected chi connectivity index (χ4v) is 2.25. The molecule has 0 fully saturated rings. The van der Waals surface area contributed by atoms with Crippen LogP contribution in [0.25, 0.3) is 5.95 Å². The molecular weight excluding hydrogens is 353 g/mol. The van der Waals surface area contributed by atoms with Gasteiger partial charge in [-0.05, 0) is 37.1 Å². The molecule has 2 aromatic heterocycles. The van der Waals surface area contributed by atoms with Gasteiger partial charge in [0.2, 0.25) is 5.95 Å². The van der Waals surface area contributed by atoms with E-state index in [0.717, 1.165) is 12.3 Å². The number of hydrogen-bond donors (Lipinski definition) is 0. The molecule has 0 spiro atoms. The van der Waals surface area contributed by atoms with Gasteiger partial charge in [0, 0.05) is 23.0 Å². The van der Waals surface area contributed by atoms with E-state index < -0.39 is 11.9 Å². The Hall–Kier alpha value is -2.85. The highest BCUT2D eigenvalue weighted by atomic mass is 35.5. The molecular formula is C17H10ClF3N4. The average Bonchev–Trinajstić information content (AvgIpc) is 2.93. The Kier molecular flexibility index (Phi) is 4.47. The van der Waals surface area contributed by atoms with Gasteiger partial charge in [-0.15, -0.1) is 0 Å². The number of nitrogens with zero attached hydrogens (tertiary/aromatic N) is 4. The Bertz CT molecular complexity index is 983. The average molecular weight is 363 g/mol. The smallest absolute Gasteiger partial charge is 0.271 e. The largest absolute Gasteiger partial charge is 0.433 e. The van der Waals surface area contributed by atoms with Crippen LogP contribution in [0, 0.1) is 18.8 Å². The second kappa shape index (κ2) is 6.57. The number of rotatable bonds is 1. The first kappa shape index (κ1) is 17.0. The summed E-state index contributed by atoms with van der Waals surface area (Å²) in [4.78, 5) is 11.6. The van der Waals surface area contributed by atoms with E-state index >= 15 is 0 Å². The van der Waals surface area contributed by atoms with Crippen LogP contribution < -0.4 is 0 Å². The van der Waals surface area contributed by atoms with Crippen molar-refractivity contribution in [1.29, 1.82) is 0 Å². The lowest BCUT2D eigenvalue weighted by molar-refractivity contribution is -0.141. The Morgan fingerprint density at radius 3 is 2.64 bits per heavy atom. The van der Waals surface area contributed by atoms with E-state index in [1.54, 1.807) is 31.2 Å². The van der Waals surface area contributed by atoms with Crippen molar-refractivity contribution in [1.82, 2.24) is 19.5 Å². The van der Waals surface area contributed by atoms with Gasteiger partial charge >= 0.3 is 6.18 Å². The Morgan fingerprint density at radius 1 is 1.12 bits per heavy atom. The minimum Gasteiger partial charge on any atom is -0.271 e. The molecule has 0 aliphatic heterocycles. The molecule has 3 rings (SSSR count). The number of imidazole rings is 1. The lowest BCUT2D eigenvalue weighted by Crippen LogP contribution is -2.11. The SMILES string of the molecule is Cc1nc(C#Cc2cccc(Cl)c2)cn1-c1nccc(C(F)(F)F)n1. The minimum atomic E-state index is -4.54. The third-order valence-corrected chi connectivity index (χ3v) is 3.43. The molecule has 0 atom stereocenters. The zero-order valence-electron chi connectivity index (χ0n) is 12.8. The van der Waals surface area contributed by atoms with Gasteiger partial charge in [-0.2, -0.15) is 13.2 Å². The molecule has 8 heteroatoms. The van der Waals surface area contributed by atoms with Crippen molar-refractivity contribution in [2.45, 2.75) is 13.1 Å². The molecule has 0 saturated carbocycles. The topological polar surface area (TPSA) is 43.6 Å². The Balaban J connectivity index is 1.94. The molecule has 4 nitrogen and oxygen atoms in total. The van der Waals surface area contributed by atoms with E-state index in [1.165, 1.54) is 10.8 Å². The molecule has 0 amide bonds. The van der Waals surface area contributed by atoms with Crippen molar-refractivity contribution in [3.8, 4) is 17.8 Å². The van der Waals surface area contributed by atoms with Gasteiger partial charge in [0.15, 0.2) is 0 Å². The maximum atomic E-state index is 12.8. The minimum absolute atomic E-state index is 0.115. The van der Waals surface area contributed by atoms with Crippen LogP contribution in [0.15, 0.2) is 42.7 Å². The molecule has 0 saturated heterocycles. The monoisotopic (exact) mass is 362 g/mol. The zero-order valence-corrected chi connectivity index (χ0v) is 13.6. The van der Waals surface area contributed by atoms with Gasteiger partial charge in [-0.1, -0.05) is 23.6 Å². The quantitative estimate of drug-likeness (QED) is 0.614. The highest BCUT2D eigenvalue weighted by molar-refractivity contribution is 6.30. The zero-order chi connectivity index (χ0) is 18.0. The van der Waals surface area contributed by atoms with Crippen LogP contribution in [0.3, 0.4) is 0 Å². The predicted octanol–water partition coefficient (Wildman–Crippen LogP) is 4.04. The van der Waals surface area contributed by atoms with Crippen molar-refractivity contribution in [2.75, 3.05) is 0 Å². The number of hydrogen-bond acceptors (Lipinski definition) is 3. The molecule has 0 unspecified atom stereocenters. The van der Waals surface area contributed by atoms with Gasteiger partial charge in [0.1, 0.15) is 17.2 Å². The van der Waals surface area contributed by atoms with E-state index in [0.29, 0.717) is 22.1 Å². The Morgan fingerprint density at radius 2 is 1.92 bits per heavy atom. The van der Waals surface area contributed by atoms with Crippen molar-refractivity contribution < 1.29 is 13.2 Å². The van der Waals surface area contributed by atoms with Crippen molar-refractivity contribution in [3.63, 3.8) is 0 Å². The van der Waals surface area contributed by atoms with Gasteiger partial charge in [0.05, 0.1) is 0 Å². The maximum absolute atomic E-state index is 12.8. The summed E-state index contributed by atoms with van der Waals surface area (Å²) in [6.07, 6.45) is -1.99. The summed E-state index contributed by atoms with van der Waals surface area (Å²) in [7, 11) is 0. The molecule has 2 heterocycles. The predicted molar refractivity (Wildman–Crippen MR) is 86.3 cm³/mol.